The predicted octanol–water partition coefficient (Wildman–Crippen LogP) is 2.14. The van der Waals surface area contributed by atoms with E-state index in [4.69, 9.17) is 5.73 Å². The molecule has 0 radical (unpaired) electrons. The zero-order valence-electron chi connectivity index (χ0n) is 11.5. The van der Waals surface area contributed by atoms with Crippen LogP contribution in [-0.2, 0) is 0 Å². The van der Waals surface area contributed by atoms with Gasteiger partial charge in [0, 0.05) is 35.2 Å². The minimum Gasteiger partial charge on any atom is -0.393 e. The molecule has 1 saturated heterocycles. The van der Waals surface area contributed by atoms with Crippen molar-refractivity contribution in [1.82, 2.24) is 4.90 Å². The van der Waals surface area contributed by atoms with Gasteiger partial charge in [0.1, 0.15) is 5.69 Å². The maximum Gasteiger partial charge on any atom is 0.292 e. The highest BCUT2D eigenvalue weighted by Crippen LogP contribution is 2.31. The Labute approximate surface area is 121 Å². The number of hydrogen-bond acceptors (Lipinski definition) is 5. The number of benzene rings is 1. The standard InChI is InChI=1S/C13H17N3O3S/c1-13(2)8-15(5-6-20-13)12(17)9-3-4-11(16(18)19)10(14)7-9/h3-4,7H,5-6,8,14H2,1-2H3. The molecule has 0 saturated carbocycles. The fourth-order valence-electron chi connectivity index (χ4n) is 2.23. The minimum absolute atomic E-state index is 0.0199. The average Bonchev–Trinajstić information content (AvgIpc) is 2.36. The summed E-state index contributed by atoms with van der Waals surface area (Å²) in [6, 6.07) is 4.13. The molecule has 0 spiro atoms. The van der Waals surface area contributed by atoms with E-state index in [9.17, 15) is 14.9 Å². The van der Waals surface area contributed by atoms with Crippen molar-refractivity contribution in [2.45, 2.75) is 18.6 Å². The molecular formula is C13H17N3O3S. The van der Waals surface area contributed by atoms with Crippen LogP contribution in [0.1, 0.15) is 24.2 Å². The van der Waals surface area contributed by atoms with Gasteiger partial charge in [0.2, 0.25) is 0 Å². The summed E-state index contributed by atoms with van der Waals surface area (Å²) in [5.74, 6) is 0.765. The number of nitro benzene ring substituents is 1. The molecule has 2 rings (SSSR count). The second kappa shape index (κ2) is 5.32. The lowest BCUT2D eigenvalue weighted by atomic mass is 10.1. The smallest absolute Gasteiger partial charge is 0.292 e. The van der Waals surface area contributed by atoms with E-state index in [2.05, 4.69) is 13.8 Å². The monoisotopic (exact) mass is 295 g/mol. The van der Waals surface area contributed by atoms with Crippen LogP contribution < -0.4 is 5.73 Å². The molecule has 0 aromatic heterocycles. The van der Waals surface area contributed by atoms with Crippen molar-refractivity contribution in [3.05, 3.63) is 33.9 Å². The van der Waals surface area contributed by atoms with Crippen LogP contribution in [0, 0.1) is 10.1 Å². The summed E-state index contributed by atoms with van der Waals surface area (Å²) in [6.45, 7) is 5.54. The molecule has 0 atom stereocenters. The molecule has 1 aliphatic heterocycles. The lowest BCUT2D eigenvalue weighted by molar-refractivity contribution is -0.383. The zero-order valence-corrected chi connectivity index (χ0v) is 12.3. The van der Waals surface area contributed by atoms with Gasteiger partial charge in [-0.2, -0.15) is 11.8 Å². The summed E-state index contributed by atoms with van der Waals surface area (Å²) < 4.78 is 0.0280. The third kappa shape index (κ3) is 3.04. The van der Waals surface area contributed by atoms with Crippen LogP contribution >= 0.6 is 11.8 Å². The van der Waals surface area contributed by atoms with Crippen molar-refractivity contribution in [3.8, 4) is 0 Å². The highest BCUT2D eigenvalue weighted by Gasteiger charge is 2.30. The molecule has 108 valence electrons. The number of anilines is 1. The van der Waals surface area contributed by atoms with E-state index in [0.29, 0.717) is 18.7 Å². The van der Waals surface area contributed by atoms with E-state index < -0.39 is 4.92 Å². The summed E-state index contributed by atoms with van der Waals surface area (Å²) in [4.78, 5) is 24.4. The number of nitro groups is 1. The number of nitrogens with two attached hydrogens (primary N) is 1. The van der Waals surface area contributed by atoms with Gasteiger partial charge in [-0.15, -0.1) is 0 Å². The predicted molar refractivity (Wildman–Crippen MR) is 79.9 cm³/mol. The third-order valence-electron chi connectivity index (χ3n) is 3.18. The van der Waals surface area contributed by atoms with E-state index in [0.717, 1.165) is 5.75 Å². The number of amides is 1. The Kier molecular flexibility index (Phi) is 3.89. The first kappa shape index (κ1) is 14.6. The quantitative estimate of drug-likeness (QED) is 0.513. The molecule has 20 heavy (non-hydrogen) atoms. The van der Waals surface area contributed by atoms with E-state index >= 15 is 0 Å². The average molecular weight is 295 g/mol. The van der Waals surface area contributed by atoms with Crippen LogP contribution in [0.4, 0.5) is 11.4 Å². The Hall–Kier alpha value is -1.76. The Morgan fingerprint density at radius 3 is 2.75 bits per heavy atom. The van der Waals surface area contributed by atoms with Crippen molar-refractivity contribution < 1.29 is 9.72 Å². The SMILES string of the molecule is CC1(C)CN(C(=O)c2ccc([N+](=O)[O-])c(N)c2)CCS1. The summed E-state index contributed by atoms with van der Waals surface area (Å²) in [7, 11) is 0. The molecule has 0 aliphatic carbocycles. The molecule has 1 aliphatic rings. The molecule has 1 fully saturated rings. The van der Waals surface area contributed by atoms with E-state index in [1.54, 1.807) is 4.90 Å². The number of nitrogens with zero attached hydrogens (tertiary/aromatic N) is 2. The van der Waals surface area contributed by atoms with Gasteiger partial charge < -0.3 is 10.6 Å². The highest BCUT2D eigenvalue weighted by molar-refractivity contribution is 8.00. The first-order valence-corrected chi connectivity index (χ1v) is 7.26. The van der Waals surface area contributed by atoms with Gasteiger partial charge in [-0.3, -0.25) is 14.9 Å². The van der Waals surface area contributed by atoms with Crippen molar-refractivity contribution in [2.24, 2.45) is 0 Å². The van der Waals surface area contributed by atoms with Crippen LogP contribution in [0.3, 0.4) is 0 Å². The van der Waals surface area contributed by atoms with Crippen LogP contribution in [-0.4, -0.2) is 39.3 Å². The summed E-state index contributed by atoms with van der Waals surface area (Å²) in [6.07, 6.45) is 0. The lowest BCUT2D eigenvalue weighted by Crippen LogP contribution is -2.46. The minimum atomic E-state index is -0.551. The fraction of sp³-hybridized carbons (Fsp3) is 0.462. The first-order chi connectivity index (χ1) is 9.30. The van der Waals surface area contributed by atoms with Gasteiger partial charge in [-0.25, -0.2) is 0 Å². The van der Waals surface area contributed by atoms with Crippen molar-refractivity contribution in [1.29, 1.82) is 0 Å². The number of thioether (sulfide) groups is 1. The Morgan fingerprint density at radius 2 is 2.20 bits per heavy atom. The number of carbonyl (C=O) groups is 1. The first-order valence-electron chi connectivity index (χ1n) is 6.27. The number of nitrogen functional groups attached to an aromatic ring is 1. The number of hydrogen-bond donors (Lipinski definition) is 1. The van der Waals surface area contributed by atoms with E-state index in [1.807, 2.05) is 11.8 Å². The maximum absolute atomic E-state index is 12.4. The summed E-state index contributed by atoms with van der Waals surface area (Å²) >= 11 is 1.84. The van der Waals surface area contributed by atoms with Crippen LogP contribution in [0.2, 0.25) is 0 Å². The largest absolute Gasteiger partial charge is 0.393 e. The van der Waals surface area contributed by atoms with Crippen molar-refractivity contribution >= 4 is 29.0 Å². The molecule has 1 aromatic rings. The van der Waals surface area contributed by atoms with Gasteiger partial charge >= 0.3 is 0 Å². The van der Waals surface area contributed by atoms with Crippen molar-refractivity contribution in [2.75, 3.05) is 24.6 Å². The van der Waals surface area contributed by atoms with Crippen LogP contribution in [0.5, 0.6) is 0 Å². The van der Waals surface area contributed by atoms with Gasteiger partial charge in [-0.1, -0.05) is 0 Å². The van der Waals surface area contributed by atoms with Gasteiger partial charge in [0.05, 0.1) is 4.92 Å². The van der Waals surface area contributed by atoms with E-state index in [-0.39, 0.29) is 22.0 Å². The number of rotatable bonds is 2. The molecule has 1 amide bonds. The molecular weight excluding hydrogens is 278 g/mol. The second-order valence-corrected chi connectivity index (χ2v) is 7.17. The molecule has 1 heterocycles. The summed E-state index contributed by atoms with van der Waals surface area (Å²) in [5.41, 5.74) is 5.87. The maximum atomic E-state index is 12.4. The second-order valence-electron chi connectivity index (χ2n) is 5.37. The molecule has 0 bridgehead atoms. The Morgan fingerprint density at radius 1 is 1.50 bits per heavy atom. The highest BCUT2D eigenvalue weighted by atomic mass is 32.2. The van der Waals surface area contributed by atoms with E-state index in [1.165, 1.54) is 18.2 Å². The Bertz CT molecular complexity index is 560. The van der Waals surface area contributed by atoms with Gasteiger partial charge in [0.25, 0.3) is 11.6 Å². The summed E-state index contributed by atoms with van der Waals surface area (Å²) in [5, 5.41) is 10.7. The van der Waals surface area contributed by atoms with Gasteiger partial charge in [-0.05, 0) is 26.0 Å². The fourth-order valence-corrected chi connectivity index (χ4v) is 3.34. The molecule has 0 unspecified atom stereocenters. The van der Waals surface area contributed by atoms with Gasteiger partial charge in [0.15, 0.2) is 0 Å². The third-order valence-corrected chi connectivity index (χ3v) is 4.48. The molecule has 7 heteroatoms. The zero-order chi connectivity index (χ0) is 14.9. The topological polar surface area (TPSA) is 89.5 Å². The molecule has 6 nitrogen and oxygen atoms in total. The van der Waals surface area contributed by atoms with Crippen LogP contribution in [0.25, 0.3) is 0 Å². The lowest BCUT2D eigenvalue weighted by Gasteiger charge is -2.37. The van der Waals surface area contributed by atoms with Crippen LogP contribution in [0.15, 0.2) is 18.2 Å². The Balaban J connectivity index is 2.21. The molecule has 1 aromatic carbocycles. The van der Waals surface area contributed by atoms with Crippen molar-refractivity contribution in [3.63, 3.8) is 0 Å². The molecule has 2 N–H and O–H groups in total. The normalized spacial score (nSPS) is 17.8. The number of carbonyl (C=O) groups excluding carboxylic acids is 1.